The predicted octanol–water partition coefficient (Wildman–Crippen LogP) is 2.03. The molecule has 1 aromatic rings. The average molecular weight is 252 g/mol. The third kappa shape index (κ3) is 5.06. The third-order valence-electron chi connectivity index (χ3n) is 1.53. The van der Waals surface area contributed by atoms with Crippen molar-refractivity contribution in [2.45, 2.75) is 12.4 Å². The molecule has 0 saturated carbocycles. The number of hydrogen-bond donors (Lipinski definition) is 2. The third-order valence-corrected chi connectivity index (χ3v) is 2.27. The van der Waals surface area contributed by atoms with Crippen molar-refractivity contribution in [3.05, 3.63) is 11.9 Å². The quantitative estimate of drug-likeness (QED) is 0.803. The molecule has 3 N–H and O–H groups in total. The summed E-state index contributed by atoms with van der Waals surface area (Å²) in [6, 6.07) is 1.48. The molecule has 90 valence electrons. The number of alkyl halides is 3. The van der Waals surface area contributed by atoms with Gasteiger partial charge in [0.05, 0.1) is 0 Å². The van der Waals surface area contributed by atoms with Gasteiger partial charge in [-0.2, -0.15) is 13.2 Å². The van der Waals surface area contributed by atoms with Crippen LogP contribution in [-0.2, 0) is 0 Å². The van der Waals surface area contributed by atoms with Gasteiger partial charge < -0.3 is 11.1 Å². The summed E-state index contributed by atoms with van der Waals surface area (Å²) in [5.74, 6) is 1.13. The lowest BCUT2D eigenvalue weighted by Crippen LogP contribution is -2.11. The largest absolute Gasteiger partial charge is 0.441 e. The molecule has 0 saturated heterocycles. The fourth-order valence-corrected chi connectivity index (χ4v) is 1.46. The number of rotatable bonds is 4. The minimum absolute atomic E-state index is 0.0759. The summed E-state index contributed by atoms with van der Waals surface area (Å²) >= 11 is -0.0759. The van der Waals surface area contributed by atoms with E-state index < -0.39 is 5.51 Å². The van der Waals surface area contributed by atoms with Crippen LogP contribution >= 0.6 is 11.8 Å². The van der Waals surface area contributed by atoms with E-state index in [0.29, 0.717) is 17.5 Å². The van der Waals surface area contributed by atoms with Gasteiger partial charge in [0.25, 0.3) is 0 Å². The summed E-state index contributed by atoms with van der Waals surface area (Å²) in [6.45, 7) is 1.83. The molecule has 0 bridgehead atoms. The SMILES string of the molecule is Cc1nc(N)cc(NCCSC(F)(F)F)n1. The first-order chi connectivity index (χ1) is 7.37. The molecule has 0 aliphatic heterocycles. The Morgan fingerprint density at radius 3 is 2.69 bits per heavy atom. The molecule has 0 atom stereocenters. The first kappa shape index (κ1) is 12.9. The van der Waals surface area contributed by atoms with E-state index in [9.17, 15) is 13.2 Å². The summed E-state index contributed by atoms with van der Waals surface area (Å²) in [5, 5.41) is 2.75. The van der Waals surface area contributed by atoms with Crippen LogP contribution in [0.1, 0.15) is 5.82 Å². The van der Waals surface area contributed by atoms with E-state index in [1.165, 1.54) is 6.07 Å². The number of hydrogen-bond acceptors (Lipinski definition) is 5. The van der Waals surface area contributed by atoms with Gasteiger partial charge in [-0.3, -0.25) is 0 Å². The Kier molecular flexibility index (Phi) is 4.22. The molecular weight excluding hydrogens is 241 g/mol. The van der Waals surface area contributed by atoms with E-state index in [2.05, 4.69) is 15.3 Å². The van der Waals surface area contributed by atoms with Crippen LogP contribution < -0.4 is 11.1 Å². The van der Waals surface area contributed by atoms with Crippen molar-refractivity contribution in [1.29, 1.82) is 0 Å². The Labute approximate surface area is 94.8 Å². The Morgan fingerprint density at radius 1 is 1.44 bits per heavy atom. The van der Waals surface area contributed by atoms with Crippen LogP contribution in [0.15, 0.2) is 6.07 Å². The highest BCUT2D eigenvalue weighted by molar-refractivity contribution is 8.00. The molecule has 0 unspecified atom stereocenters. The average Bonchev–Trinajstić information content (AvgIpc) is 2.09. The van der Waals surface area contributed by atoms with Gasteiger partial charge in [-0.15, -0.1) is 0 Å². The van der Waals surface area contributed by atoms with E-state index in [0.717, 1.165) is 0 Å². The van der Waals surface area contributed by atoms with Crippen LogP contribution in [0.5, 0.6) is 0 Å². The molecule has 0 radical (unpaired) electrons. The zero-order valence-corrected chi connectivity index (χ0v) is 9.32. The van der Waals surface area contributed by atoms with E-state index in [1.54, 1.807) is 6.92 Å². The van der Waals surface area contributed by atoms with Crippen molar-refractivity contribution in [3.8, 4) is 0 Å². The van der Waals surface area contributed by atoms with Gasteiger partial charge in [0.1, 0.15) is 17.5 Å². The molecule has 0 aliphatic rings. The van der Waals surface area contributed by atoms with Gasteiger partial charge in [-0.05, 0) is 18.7 Å². The Bertz CT molecular complexity index is 335. The van der Waals surface area contributed by atoms with Crippen molar-refractivity contribution in [2.24, 2.45) is 0 Å². The number of nitrogens with one attached hydrogen (secondary N) is 1. The van der Waals surface area contributed by atoms with Gasteiger partial charge in [-0.1, -0.05) is 0 Å². The maximum Gasteiger partial charge on any atom is 0.441 e. The molecule has 1 rings (SSSR count). The normalized spacial score (nSPS) is 11.5. The molecule has 0 aromatic carbocycles. The van der Waals surface area contributed by atoms with Crippen LogP contribution in [0.25, 0.3) is 0 Å². The number of aryl methyl sites for hydroxylation is 1. The second kappa shape index (κ2) is 5.24. The van der Waals surface area contributed by atoms with Crippen LogP contribution in [0.3, 0.4) is 0 Å². The second-order valence-electron chi connectivity index (χ2n) is 2.95. The summed E-state index contributed by atoms with van der Waals surface area (Å²) < 4.78 is 35.4. The van der Waals surface area contributed by atoms with E-state index in [4.69, 9.17) is 5.73 Å². The maximum atomic E-state index is 11.8. The van der Waals surface area contributed by atoms with Gasteiger partial charge in [0.15, 0.2) is 0 Å². The Morgan fingerprint density at radius 2 is 2.12 bits per heavy atom. The van der Waals surface area contributed by atoms with Crippen molar-refractivity contribution in [1.82, 2.24) is 9.97 Å². The number of thioether (sulfide) groups is 1. The van der Waals surface area contributed by atoms with Crippen molar-refractivity contribution in [3.63, 3.8) is 0 Å². The smallest absolute Gasteiger partial charge is 0.384 e. The van der Waals surface area contributed by atoms with E-state index >= 15 is 0 Å². The lowest BCUT2D eigenvalue weighted by molar-refractivity contribution is -0.0327. The lowest BCUT2D eigenvalue weighted by Gasteiger charge is -2.08. The Hall–Kier alpha value is -1.18. The van der Waals surface area contributed by atoms with E-state index in [1.807, 2.05) is 0 Å². The molecule has 0 spiro atoms. The van der Waals surface area contributed by atoms with Crippen LogP contribution in [0.4, 0.5) is 24.8 Å². The second-order valence-corrected chi connectivity index (χ2v) is 4.11. The number of nitrogens with two attached hydrogens (primary N) is 1. The minimum atomic E-state index is -4.19. The van der Waals surface area contributed by atoms with Crippen molar-refractivity contribution in [2.75, 3.05) is 23.3 Å². The van der Waals surface area contributed by atoms with Crippen LogP contribution in [-0.4, -0.2) is 27.8 Å². The highest BCUT2D eigenvalue weighted by Gasteiger charge is 2.27. The summed E-state index contributed by atoms with van der Waals surface area (Å²) in [5.41, 5.74) is 1.26. The molecule has 8 heteroatoms. The standard InChI is InChI=1S/C8H11F3N4S/c1-5-14-6(12)4-7(15-5)13-2-3-16-8(9,10)11/h4H,2-3H2,1H3,(H3,12,13,14,15). The van der Waals surface area contributed by atoms with Crippen molar-refractivity contribution >= 4 is 23.4 Å². The molecule has 0 aliphatic carbocycles. The number of nitrogen functional groups attached to an aromatic ring is 1. The van der Waals surface area contributed by atoms with Crippen LogP contribution in [0, 0.1) is 6.92 Å². The van der Waals surface area contributed by atoms with Gasteiger partial charge in [0.2, 0.25) is 0 Å². The Balaban J connectivity index is 2.37. The number of aromatic nitrogens is 2. The molecule has 16 heavy (non-hydrogen) atoms. The first-order valence-electron chi connectivity index (χ1n) is 4.42. The molecule has 1 heterocycles. The topological polar surface area (TPSA) is 63.8 Å². The van der Waals surface area contributed by atoms with Gasteiger partial charge in [0, 0.05) is 18.4 Å². The summed E-state index contributed by atoms with van der Waals surface area (Å²) in [7, 11) is 0. The fraction of sp³-hybridized carbons (Fsp3) is 0.500. The molecular formula is C8H11F3N4S. The number of anilines is 2. The highest BCUT2D eigenvalue weighted by Crippen LogP contribution is 2.29. The van der Waals surface area contributed by atoms with Gasteiger partial charge in [-0.25, -0.2) is 9.97 Å². The van der Waals surface area contributed by atoms with Gasteiger partial charge >= 0.3 is 5.51 Å². The zero-order valence-electron chi connectivity index (χ0n) is 8.51. The first-order valence-corrected chi connectivity index (χ1v) is 5.41. The van der Waals surface area contributed by atoms with E-state index in [-0.39, 0.29) is 24.1 Å². The summed E-state index contributed by atoms with van der Waals surface area (Å²) in [6.07, 6.45) is 0. The highest BCUT2D eigenvalue weighted by atomic mass is 32.2. The van der Waals surface area contributed by atoms with Crippen molar-refractivity contribution < 1.29 is 13.2 Å². The molecule has 0 amide bonds. The monoisotopic (exact) mass is 252 g/mol. The molecule has 4 nitrogen and oxygen atoms in total. The fourth-order valence-electron chi connectivity index (χ4n) is 1.03. The summed E-state index contributed by atoms with van der Waals surface area (Å²) in [4.78, 5) is 7.82. The lowest BCUT2D eigenvalue weighted by atomic mass is 10.5. The maximum absolute atomic E-state index is 11.8. The minimum Gasteiger partial charge on any atom is -0.384 e. The molecule has 0 fully saturated rings. The van der Waals surface area contributed by atoms with Crippen LogP contribution in [0.2, 0.25) is 0 Å². The number of nitrogens with zero attached hydrogens (tertiary/aromatic N) is 2. The number of halogens is 3. The zero-order chi connectivity index (χ0) is 12.2. The predicted molar refractivity (Wildman–Crippen MR) is 58.2 cm³/mol. The molecule has 1 aromatic heterocycles.